The molecule has 242 valence electrons. The second-order valence-corrected chi connectivity index (χ2v) is 13.0. The molecule has 4 aromatic rings. The smallest absolute Gasteiger partial charge is 0.264 e. The lowest BCUT2D eigenvalue weighted by Gasteiger charge is -2.34. The maximum atomic E-state index is 14.5. The van der Waals surface area contributed by atoms with Gasteiger partial charge in [-0.15, -0.1) is 0 Å². The largest absolute Gasteiger partial charge is 0.494 e. The minimum Gasteiger partial charge on any atom is -0.494 e. The Kier molecular flexibility index (Phi) is 12.6. The lowest BCUT2D eigenvalue weighted by Crippen LogP contribution is -2.53. The van der Waals surface area contributed by atoms with E-state index in [1.54, 1.807) is 66.7 Å². The van der Waals surface area contributed by atoms with E-state index in [1.807, 2.05) is 44.2 Å². The van der Waals surface area contributed by atoms with Crippen LogP contribution in [0.1, 0.15) is 37.8 Å². The normalized spacial score (nSPS) is 11.8. The van der Waals surface area contributed by atoms with Crippen LogP contribution in [-0.2, 0) is 32.6 Å². The second kappa shape index (κ2) is 16.8. The topological polar surface area (TPSA) is 96.0 Å². The summed E-state index contributed by atoms with van der Waals surface area (Å²) in [6.07, 6.45) is 1.93. The van der Waals surface area contributed by atoms with E-state index in [-0.39, 0.29) is 23.8 Å². The fourth-order valence-electron chi connectivity index (χ4n) is 4.97. The van der Waals surface area contributed by atoms with E-state index in [2.05, 4.69) is 5.32 Å². The summed E-state index contributed by atoms with van der Waals surface area (Å²) >= 11 is 6.15. The van der Waals surface area contributed by atoms with E-state index in [9.17, 15) is 18.0 Å². The third-order valence-electron chi connectivity index (χ3n) is 7.41. The molecule has 4 aromatic carbocycles. The van der Waals surface area contributed by atoms with Crippen LogP contribution in [0.15, 0.2) is 114 Å². The molecule has 0 aromatic heterocycles. The highest BCUT2D eigenvalue weighted by Gasteiger charge is 2.34. The summed E-state index contributed by atoms with van der Waals surface area (Å²) in [5, 5.41) is 3.53. The molecule has 0 saturated heterocycles. The molecule has 0 fully saturated rings. The van der Waals surface area contributed by atoms with Crippen molar-refractivity contribution in [2.45, 2.75) is 50.6 Å². The predicted molar refractivity (Wildman–Crippen MR) is 182 cm³/mol. The van der Waals surface area contributed by atoms with Gasteiger partial charge in [0.15, 0.2) is 0 Å². The van der Waals surface area contributed by atoms with Gasteiger partial charge in [-0.1, -0.05) is 85.6 Å². The van der Waals surface area contributed by atoms with Gasteiger partial charge in [-0.25, -0.2) is 8.42 Å². The summed E-state index contributed by atoms with van der Waals surface area (Å²) < 4.78 is 34.9. The molecule has 4 rings (SSSR count). The Bertz CT molecular complexity index is 1650. The fourth-order valence-corrected chi connectivity index (χ4v) is 6.51. The number of ether oxygens (including phenoxy) is 1. The third-order valence-corrected chi connectivity index (χ3v) is 9.45. The van der Waals surface area contributed by atoms with Gasteiger partial charge < -0.3 is 15.0 Å². The number of rotatable bonds is 16. The Morgan fingerprint density at radius 1 is 0.826 bits per heavy atom. The zero-order valence-corrected chi connectivity index (χ0v) is 27.7. The lowest BCUT2D eigenvalue weighted by molar-refractivity contribution is -0.140. The maximum absolute atomic E-state index is 14.5. The second-order valence-electron chi connectivity index (χ2n) is 10.7. The van der Waals surface area contributed by atoms with E-state index in [1.165, 1.54) is 17.0 Å². The molecule has 1 N–H and O–H groups in total. The van der Waals surface area contributed by atoms with Crippen LogP contribution in [0.2, 0.25) is 5.02 Å². The van der Waals surface area contributed by atoms with E-state index in [0.29, 0.717) is 29.6 Å². The van der Waals surface area contributed by atoms with Crippen molar-refractivity contribution in [3.63, 3.8) is 0 Å². The van der Waals surface area contributed by atoms with E-state index < -0.39 is 28.5 Å². The van der Waals surface area contributed by atoms with Gasteiger partial charge >= 0.3 is 0 Å². The standard InChI is InChI=1S/C36H40ClN3O5S/c1-3-5-24-38-36(42)34(25-28-12-8-6-9-13-28)39(26-29-16-18-30(37)19-17-29)35(41)27-40(31-14-10-7-11-15-31)46(43,44)33-22-20-32(21-23-33)45-4-2/h6-23,34H,3-5,24-27H2,1-2H3,(H,38,42)/t34-/m0/s1. The average molecular weight is 662 g/mol. The van der Waals surface area contributed by atoms with Crippen LogP contribution in [0.25, 0.3) is 0 Å². The van der Waals surface area contributed by atoms with Crippen molar-refractivity contribution in [3.8, 4) is 5.75 Å². The first kappa shape index (κ1) is 34.5. The zero-order chi connectivity index (χ0) is 32.9. The number of nitrogens with one attached hydrogen (secondary N) is 1. The van der Waals surface area contributed by atoms with Crippen LogP contribution in [0.3, 0.4) is 0 Å². The van der Waals surface area contributed by atoms with Crippen molar-refractivity contribution in [3.05, 3.63) is 125 Å². The molecule has 2 amide bonds. The molecule has 0 aliphatic rings. The van der Waals surface area contributed by atoms with Crippen molar-refractivity contribution in [2.75, 3.05) is 24.0 Å². The third kappa shape index (κ3) is 9.34. The Balaban J connectivity index is 1.75. The number of carbonyl (C=O) groups excluding carboxylic acids is 2. The van der Waals surface area contributed by atoms with Crippen molar-refractivity contribution in [1.82, 2.24) is 10.2 Å². The number of sulfonamides is 1. The summed E-state index contributed by atoms with van der Waals surface area (Å²) in [4.78, 5) is 29.8. The number of unbranched alkanes of at least 4 members (excludes halogenated alkanes) is 1. The fraction of sp³-hybridized carbons (Fsp3) is 0.278. The van der Waals surface area contributed by atoms with E-state index in [4.69, 9.17) is 16.3 Å². The Morgan fingerprint density at radius 2 is 1.46 bits per heavy atom. The maximum Gasteiger partial charge on any atom is 0.264 e. The predicted octanol–water partition coefficient (Wildman–Crippen LogP) is 6.49. The quantitative estimate of drug-likeness (QED) is 0.139. The van der Waals surface area contributed by atoms with Crippen LogP contribution < -0.4 is 14.4 Å². The van der Waals surface area contributed by atoms with Gasteiger partial charge in [0, 0.05) is 24.5 Å². The summed E-state index contributed by atoms with van der Waals surface area (Å²) in [6.45, 7) is 4.33. The highest BCUT2D eigenvalue weighted by Crippen LogP contribution is 2.26. The van der Waals surface area contributed by atoms with E-state index >= 15 is 0 Å². The summed E-state index contributed by atoms with van der Waals surface area (Å²) in [5.41, 5.74) is 1.94. The molecule has 0 radical (unpaired) electrons. The van der Waals surface area contributed by atoms with Gasteiger partial charge in [0.2, 0.25) is 11.8 Å². The zero-order valence-electron chi connectivity index (χ0n) is 26.1. The molecular formula is C36H40ClN3O5S. The highest BCUT2D eigenvalue weighted by molar-refractivity contribution is 7.92. The van der Waals surface area contributed by atoms with Gasteiger partial charge in [0.1, 0.15) is 18.3 Å². The Morgan fingerprint density at radius 3 is 2.07 bits per heavy atom. The number of hydrogen-bond acceptors (Lipinski definition) is 5. The molecule has 10 heteroatoms. The molecule has 0 spiro atoms. The number of anilines is 1. The molecule has 0 aliphatic carbocycles. The lowest BCUT2D eigenvalue weighted by atomic mass is 10.0. The van der Waals surface area contributed by atoms with Crippen LogP contribution >= 0.6 is 11.6 Å². The number of amides is 2. The number of halogens is 1. The van der Waals surface area contributed by atoms with E-state index in [0.717, 1.165) is 28.3 Å². The number of nitrogens with zero attached hydrogens (tertiary/aromatic N) is 2. The number of benzene rings is 4. The van der Waals surface area contributed by atoms with Crippen LogP contribution in [0.5, 0.6) is 5.75 Å². The first-order chi connectivity index (χ1) is 22.2. The molecule has 8 nitrogen and oxygen atoms in total. The minimum atomic E-state index is -4.20. The van der Waals surface area contributed by atoms with Gasteiger partial charge in [0.25, 0.3) is 10.0 Å². The van der Waals surface area contributed by atoms with Crippen molar-refractivity contribution >= 4 is 39.1 Å². The number of carbonyl (C=O) groups is 2. The molecule has 46 heavy (non-hydrogen) atoms. The van der Waals surface area contributed by atoms with Crippen molar-refractivity contribution in [1.29, 1.82) is 0 Å². The molecule has 0 bridgehead atoms. The van der Waals surface area contributed by atoms with Crippen LogP contribution in [-0.4, -0.2) is 50.9 Å². The first-order valence-electron chi connectivity index (χ1n) is 15.4. The number of hydrogen-bond donors (Lipinski definition) is 1. The van der Waals surface area contributed by atoms with Gasteiger partial charge in [-0.3, -0.25) is 13.9 Å². The molecule has 0 unspecified atom stereocenters. The summed E-state index contributed by atoms with van der Waals surface area (Å²) in [7, 11) is -4.20. The van der Waals surface area contributed by atoms with Crippen LogP contribution in [0.4, 0.5) is 5.69 Å². The first-order valence-corrected chi connectivity index (χ1v) is 17.2. The average Bonchev–Trinajstić information content (AvgIpc) is 3.07. The SMILES string of the molecule is CCCCNC(=O)[C@H](Cc1ccccc1)N(Cc1ccc(Cl)cc1)C(=O)CN(c1ccccc1)S(=O)(=O)c1ccc(OCC)cc1. The monoisotopic (exact) mass is 661 g/mol. The summed E-state index contributed by atoms with van der Waals surface area (Å²) in [5.74, 6) is -0.295. The minimum absolute atomic E-state index is 0.00926. The van der Waals surface area contributed by atoms with Gasteiger partial charge in [-0.05, 0) is 73.0 Å². The van der Waals surface area contributed by atoms with Crippen LogP contribution in [0, 0.1) is 0 Å². The molecule has 0 heterocycles. The highest BCUT2D eigenvalue weighted by atomic mass is 35.5. The number of para-hydroxylation sites is 1. The van der Waals surface area contributed by atoms with Crippen molar-refractivity contribution in [2.24, 2.45) is 0 Å². The summed E-state index contributed by atoms with van der Waals surface area (Å²) in [6, 6.07) is 30.2. The van der Waals surface area contributed by atoms with Gasteiger partial charge in [0.05, 0.1) is 17.2 Å². The van der Waals surface area contributed by atoms with Gasteiger partial charge in [-0.2, -0.15) is 0 Å². The molecule has 1 atom stereocenters. The Hall–Kier alpha value is -4.34. The van der Waals surface area contributed by atoms with Crippen molar-refractivity contribution < 1.29 is 22.7 Å². The molecule has 0 aliphatic heterocycles. The molecule has 0 saturated carbocycles. The Labute approximate surface area is 277 Å². The molecular weight excluding hydrogens is 622 g/mol.